The van der Waals surface area contributed by atoms with Gasteiger partial charge in [-0.25, -0.2) is 0 Å². The largest absolute Gasteiger partial charge is 0.358 e. The normalized spacial score (nSPS) is 17.9. The molecule has 16 heavy (non-hydrogen) atoms. The van der Waals surface area contributed by atoms with Crippen LogP contribution >= 0.6 is 0 Å². The van der Waals surface area contributed by atoms with Crippen LogP contribution in [-0.2, 0) is 0 Å². The first-order valence-electron chi connectivity index (χ1n) is 6.01. The molecule has 0 bridgehead atoms. The predicted molar refractivity (Wildman–Crippen MR) is 67.4 cm³/mol. The Morgan fingerprint density at radius 2 is 2.06 bits per heavy atom. The molecular weight excluding hydrogens is 196 g/mol. The number of aromatic nitrogens is 1. The van der Waals surface area contributed by atoms with E-state index in [4.69, 9.17) is 5.73 Å². The van der Waals surface area contributed by atoms with Crippen LogP contribution in [0.2, 0.25) is 0 Å². The third-order valence-electron chi connectivity index (χ3n) is 3.65. The fourth-order valence-corrected chi connectivity index (χ4v) is 2.58. The van der Waals surface area contributed by atoms with Crippen LogP contribution in [0.4, 0.5) is 0 Å². The van der Waals surface area contributed by atoms with Crippen LogP contribution in [0.25, 0.3) is 10.9 Å². The molecule has 1 heterocycles. The summed E-state index contributed by atoms with van der Waals surface area (Å²) in [6.45, 7) is 4.26. The fraction of sp³-hybridized carbons (Fsp3) is 0.429. The number of rotatable bonds is 2. The Hall–Kier alpha value is -1.28. The predicted octanol–water partition coefficient (Wildman–Crippen LogP) is 3.19. The molecule has 1 aliphatic rings. The Morgan fingerprint density at radius 3 is 2.75 bits per heavy atom. The van der Waals surface area contributed by atoms with Gasteiger partial charge in [0.05, 0.1) is 0 Å². The Labute approximate surface area is 95.8 Å². The molecule has 1 aromatic heterocycles. The lowest BCUT2D eigenvalue weighted by atomic mass is 9.99. The molecule has 0 amide bonds. The van der Waals surface area contributed by atoms with Gasteiger partial charge in [0, 0.05) is 22.6 Å². The molecule has 1 fully saturated rings. The lowest BCUT2D eigenvalue weighted by Crippen LogP contribution is -2.13. The molecule has 0 saturated heterocycles. The molecule has 1 aliphatic carbocycles. The van der Waals surface area contributed by atoms with Gasteiger partial charge in [-0.15, -0.1) is 0 Å². The van der Waals surface area contributed by atoms with E-state index in [0.29, 0.717) is 5.92 Å². The van der Waals surface area contributed by atoms with Gasteiger partial charge in [-0.1, -0.05) is 11.6 Å². The topological polar surface area (TPSA) is 41.8 Å². The van der Waals surface area contributed by atoms with Crippen molar-refractivity contribution in [3.63, 3.8) is 0 Å². The van der Waals surface area contributed by atoms with Crippen LogP contribution < -0.4 is 5.73 Å². The number of hydrogen-bond donors (Lipinski definition) is 2. The van der Waals surface area contributed by atoms with Crippen LogP contribution in [-0.4, -0.2) is 4.98 Å². The monoisotopic (exact) mass is 214 g/mol. The van der Waals surface area contributed by atoms with Gasteiger partial charge in [0.15, 0.2) is 0 Å². The number of fused-ring (bicyclic) bond motifs is 1. The van der Waals surface area contributed by atoms with E-state index in [1.54, 1.807) is 0 Å². The molecule has 1 atom stereocenters. The van der Waals surface area contributed by atoms with Crippen molar-refractivity contribution in [1.82, 2.24) is 4.98 Å². The summed E-state index contributed by atoms with van der Waals surface area (Å²) < 4.78 is 0. The SMILES string of the molecule is Cc1ccc2[nH]c(C)c(C(N)C3CC3)c2c1. The average molecular weight is 214 g/mol. The van der Waals surface area contributed by atoms with Crippen LogP contribution in [0.3, 0.4) is 0 Å². The zero-order chi connectivity index (χ0) is 11.3. The summed E-state index contributed by atoms with van der Waals surface area (Å²) >= 11 is 0. The highest BCUT2D eigenvalue weighted by atomic mass is 14.8. The molecular formula is C14H18N2. The Kier molecular flexibility index (Phi) is 2.08. The van der Waals surface area contributed by atoms with Gasteiger partial charge in [-0.3, -0.25) is 0 Å². The van der Waals surface area contributed by atoms with E-state index in [9.17, 15) is 0 Å². The Balaban J connectivity index is 2.20. The van der Waals surface area contributed by atoms with E-state index in [1.165, 1.54) is 40.6 Å². The highest BCUT2D eigenvalue weighted by Gasteiger charge is 2.31. The summed E-state index contributed by atoms with van der Waals surface area (Å²) in [5, 5.41) is 1.32. The van der Waals surface area contributed by atoms with E-state index in [2.05, 4.69) is 37.0 Å². The molecule has 2 aromatic rings. The van der Waals surface area contributed by atoms with Gasteiger partial charge in [-0.05, 0) is 50.3 Å². The first-order chi connectivity index (χ1) is 7.66. The maximum Gasteiger partial charge on any atom is 0.0459 e. The molecule has 1 aromatic carbocycles. The van der Waals surface area contributed by atoms with Gasteiger partial charge in [0.1, 0.15) is 0 Å². The van der Waals surface area contributed by atoms with Crippen molar-refractivity contribution in [3.05, 3.63) is 35.0 Å². The van der Waals surface area contributed by atoms with Gasteiger partial charge in [0.25, 0.3) is 0 Å². The van der Waals surface area contributed by atoms with E-state index in [1.807, 2.05) is 0 Å². The second-order valence-corrected chi connectivity index (χ2v) is 5.08. The summed E-state index contributed by atoms with van der Waals surface area (Å²) in [7, 11) is 0. The maximum absolute atomic E-state index is 6.34. The first-order valence-corrected chi connectivity index (χ1v) is 6.01. The van der Waals surface area contributed by atoms with Crippen LogP contribution in [0.5, 0.6) is 0 Å². The van der Waals surface area contributed by atoms with Crippen molar-refractivity contribution < 1.29 is 0 Å². The smallest absolute Gasteiger partial charge is 0.0459 e. The number of hydrogen-bond acceptors (Lipinski definition) is 1. The minimum atomic E-state index is 0.218. The molecule has 2 heteroatoms. The summed E-state index contributed by atoms with van der Waals surface area (Å²) in [6, 6.07) is 6.76. The first kappa shape index (κ1) is 9.91. The number of nitrogens with one attached hydrogen (secondary N) is 1. The molecule has 0 aliphatic heterocycles. The third-order valence-corrected chi connectivity index (χ3v) is 3.65. The minimum absolute atomic E-state index is 0.218. The van der Waals surface area contributed by atoms with Gasteiger partial charge in [-0.2, -0.15) is 0 Å². The van der Waals surface area contributed by atoms with Crippen LogP contribution in [0.1, 0.15) is 35.7 Å². The highest BCUT2D eigenvalue weighted by molar-refractivity contribution is 5.85. The van der Waals surface area contributed by atoms with Crippen LogP contribution in [0, 0.1) is 19.8 Å². The van der Waals surface area contributed by atoms with Crippen molar-refractivity contribution in [2.75, 3.05) is 0 Å². The van der Waals surface area contributed by atoms with Crippen molar-refractivity contribution in [3.8, 4) is 0 Å². The molecule has 3 rings (SSSR count). The number of nitrogens with two attached hydrogens (primary N) is 1. The van der Waals surface area contributed by atoms with Gasteiger partial charge >= 0.3 is 0 Å². The Bertz CT molecular complexity index is 535. The minimum Gasteiger partial charge on any atom is -0.358 e. The molecule has 2 nitrogen and oxygen atoms in total. The Morgan fingerprint density at radius 1 is 1.31 bits per heavy atom. The summed E-state index contributed by atoms with van der Waals surface area (Å²) in [5.41, 5.74) is 11.4. The summed E-state index contributed by atoms with van der Waals surface area (Å²) in [6.07, 6.45) is 2.58. The van der Waals surface area contributed by atoms with Crippen molar-refractivity contribution in [2.24, 2.45) is 11.7 Å². The lowest BCUT2D eigenvalue weighted by Gasteiger charge is -2.11. The second-order valence-electron chi connectivity index (χ2n) is 5.08. The zero-order valence-corrected chi connectivity index (χ0v) is 9.88. The number of benzene rings is 1. The average Bonchev–Trinajstić information content (AvgIpc) is 3.01. The summed E-state index contributed by atoms with van der Waals surface area (Å²) in [5.74, 6) is 0.707. The van der Waals surface area contributed by atoms with Gasteiger partial charge in [0.2, 0.25) is 0 Å². The lowest BCUT2D eigenvalue weighted by molar-refractivity contribution is 0.634. The number of aryl methyl sites for hydroxylation is 2. The fourth-order valence-electron chi connectivity index (χ4n) is 2.58. The standard InChI is InChI=1S/C14H18N2/c1-8-3-6-12-11(7-8)13(9(2)16-12)14(15)10-4-5-10/h3,6-7,10,14,16H,4-5,15H2,1-2H3. The zero-order valence-electron chi connectivity index (χ0n) is 9.88. The third kappa shape index (κ3) is 1.45. The second kappa shape index (κ2) is 3.36. The molecule has 84 valence electrons. The molecule has 1 unspecified atom stereocenters. The van der Waals surface area contributed by atoms with Crippen molar-refractivity contribution in [1.29, 1.82) is 0 Å². The quantitative estimate of drug-likeness (QED) is 0.792. The highest BCUT2D eigenvalue weighted by Crippen LogP contribution is 2.42. The van der Waals surface area contributed by atoms with Gasteiger partial charge < -0.3 is 10.7 Å². The van der Waals surface area contributed by atoms with E-state index >= 15 is 0 Å². The van der Waals surface area contributed by atoms with E-state index < -0.39 is 0 Å². The number of H-pyrrole nitrogens is 1. The number of aromatic amines is 1. The molecule has 3 N–H and O–H groups in total. The molecule has 0 radical (unpaired) electrons. The van der Waals surface area contributed by atoms with E-state index in [-0.39, 0.29) is 6.04 Å². The molecule has 1 saturated carbocycles. The van der Waals surface area contributed by atoms with Crippen LogP contribution in [0.15, 0.2) is 18.2 Å². The maximum atomic E-state index is 6.34. The van der Waals surface area contributed by atoms with E-state index in [0.717, 1.165) is 0 Å². The van der Waals surface area contributed by atoms with Crippen molar-refractivity contribution >= 4 is 10.9 Å². The van der Waals surface area contributed by atoms with Crippen molar-refractivity contribution in [2.45, 2.75) is 32.7 Å². The summed E-state index contributed by atoms with van der Waals surface area (Å²) in [4.78, 5) is 3.44. The molecule has 0 spiro atoms.